The van der Waals surface area contributed by atoms with Crippen LogP contribution in [0.5, 0.6) is 0 Å². The minimum absolute atomic E-state index is 0.148. The van der Waals surface area contributed by atoms with E-state index >= 15 is 0 Å². The molecular formula is C18H22N2O3S. The van der Waals surface area contributed by atoms with Gasteiger partial charge in [-0.1, -0.05) is 17.7 Å². The molecular weight excluding hydrogens is 324 g/mol. The summed E-state index contributed by atoms with van der Waals surface area (Å²) >= 11 is 1.39. The van der Waals surface area contributed by atoms with Crippen molar-refractivity contribution in [3.63, 3.8) is 0 Å². The van der Waals surface area contributed by atoms with E-state index in [1.165, 1.54) is 17.3 Å². The Labute approximate surface area is 146 Å². The number of benzene rings is 1. The summed E-state index contributed by atoms with van der Waals surface area (Å²) in [6.07, 6.45) is 1.88. The second-order valence-electron chi connectivity index (χ2n) is 6.35. The Bertz CT molecular complexity index is 679. The van der Waals surface area contributed by atoms with Gasteiger partial charge in [0.2, 0.25) is 0 Å². The SMILES string of the molecule is Cc1ccc(SCC(=O)OCC(=O)N[C@](C)(C#N)C2CC2)c(C)c1. The molecule has 0 spiro atoms. The van der Waals surface area contributed by atoms with Crippen LogP contribution in [0, 0.1) is 31.1 Å². The Morgan fingerprint density at radius 1 is 1.42 bits per heavy atom. The number of aryl methyl sites for hydroxylation is 2. The number of carbonyl (C=O) groups excluding carboxylic acids is 2. The van der Waals surface area contributed by atoms with Crippen LogP contribution < -0.4 is 5.32 Å². The molecule has 1 atom stereocenters. The maximum atomic E-state index is 11.9. The predicted molar refractivity (Wildman–Crippen MR) is 92.5 cm³/mol. The molecule has 1 aliphatic rings. The molecule has 2 rings (SSSR count). The maximum Gasteiger partial charge on any atom is 0.316 e. The average Bonchev–Trinajstić information content (AvgIpc) is 3.37. The standard InChI is InChI=1S/C18H22N2O3S/c1-12-4-7-15(13(2)8-12)24-10-17(22)23-9-16(21)20-18(3,11-19)14-5-6-14/h4,7-8,14H,5-6,9-10H2,1-3H3,(H,20,21)/t18-/m1/s1. The van der Waals surface area contributed by atoms with Gasteiger partial charge in [-0.2, -0.15) is 5.26 Å². The third kappa shape index (κ3) is 5.00. The summed E-state index contributed by atoms with van der Waals surface area (Å²) in [5.41, 5.74) is 1.42. The number of thioether (sulfide) groups is 1. The highest BCUT2D eigenvalue weighted by Gasteiger charge is 2.43. The highest BCUT2D eigenvalue weighted by molar-refractivity contribution is 8.00. The molecule has 1 saturated carbocycles. The molecule has 5 nitrogen and oxygen atoms in total. The van der Waals surface area contributed by atoms with Gasteiger partial charge >= 0.3 is 5.97 Å². The van der Waals surface area contributed by atoms with Gasteiger partial charge in [-0.15, -0.1) is 11.8 Å². The molecule has 0 unspecified atom stereocenters. The fraction of sp³-hybridized carbons (Fsp3) is 0.500. The number of hydrogen-bond donors (Lipinski definition) is 1. The zero-order valence-electron chi connectivity index (χ0n) is 14.2. The van der Waals surface area contributed by atoms with E-state index < -0.39 is 17.4 Å². The molecule has 128 valence electrons. The minimum atomic E-state index is -0.864. The van der Waals surface area contributed by atoms with E-state index in [4.69, 9.17) is 4.74 Å². The van der Waals surface area contributed by atoms with Crippen molar-refractivity contribution in [1.82, 2.24) is 5.32 Å². The monoisotopic (exact) mass is 346 g/mol. The van der Waals surface area contributed by atoms with Crippen LogP contribution in [0.25, 0.3) is 0 Å². The Morgan fingerprint density at radius 3 is 2.71 bits per heavy atom. The maximum absolute atomic E-state index is 11.9. The van der Waals surface area contributed by atoms with Gasteiger partial charge in [0.1, 0.15) is 5.54 Å². The normalized spacial score (nSPS) is 15.9. The first-order chi connectivity index (χ1) is 11.3. The first-order valence-electron chi connectivity index (χ1n) is 7.92. The largest absolute Gasteiger partial charge is 0.455 e. The van der Waals surface area contributed by atoms with Crippen molar-refractivity contribution in [2.45, 2.75) is 44.0 Å². The smallest absolute Gasteiger partial charge is 0.316 e. The van der Waals surface area contributed by atoms with Crippen molar-refractivity contribution in [1.29, 1.82) is 5.26 Å². The van der Waals surface area contributed by atoms with Gasteiger partial charge in [0.15, 0.2) is 6.61 Å². The quantitative estimate of drug-likeness (QED) is 0.607. The fourth-order valence-corrected chi connectivity index (χ4v) is 3.30. The van der Waals surface area contributed by atoms with E-state index in [9.17, 15) is 14.9 Å². The van der Waals surface area contributed by atoms with Gasteiger partial charge in [-0.3, -0.25) is 9.59 Å². The number of esters is 1. The van der Waals surface area contributed by atoms with Crippen molar-refractivity contribution in [2.24, 2.45) is 5.92 Å². The number of rotatable bonds is 7. The van der Waals surface area contributed by atoms with Crippen molar-refractivity contribution in [2.75, 3.05) is 12.4 Å². The lowest BCUT2D eigenvalue weighted by atomic mass is 9.98. The van der Waals surface area contributed by atoms with E-state index in [1.807, 2.05) is 26.0 Å². The summed E-state index contributed by atoms with van der Waals surface area (Å²) < 4.78 is 5.00. The first-order valence-corrected chi connectivity index (χ1v) is 8.90. The summed E-state index contributed by atoms with van der Waals surface area (Å²) in [7, 11) is 0. The van der Waals surface area contributed by atoms with Crippen LogP contribution in [0.4, 0.5) is 0 Å². The van der Waals surface area contributed by atoms with E-state index in [1.54, 1.807) is 6.92 Å². The summed E-state index contributed by atoms with van der Waals surface area (Å²) in [6, 6.07) is 8.17. The van der Waals surface area contributed by atoms with Crippen molar-refractivity contribution in [3.05, 3.63) is 29.3 Å². The molecule has 6 heteroatoms. The molecule has 1 aromatic rings. The van der Waals surface area contributed by atoms with E-state index in [0.29, 0.717) is 0 Å². The number of nitriles is 1. The lowest BCUT2D eigenvalue weighted by Gasteiger charge is -2.22. The molecule has 0 radical (unpaired) electrons. The second-order valence-corrected chi connectivity index (χ2v) is 7.37. The molecule has 0 bridgehead atoms. The molecule has 1 aromatic carbocycles. The van der Waals surface area contributed by atoms with Crippen LogP contribution in [-0.2, 0) is 14.3 Å². The molecule has 0 saturated heterocycles. The number of carbonyl (C=O) groups is 2. The summed E-state index contributed by atoms with van der Waals surface area (Å²) in [6.45, 7) is 5.37. The molecule has 0 aromatic heterocycles. The lowest BCUT2D eigenvalue weighted by molar-refractivity contribution is -0.146. The Morgan fingerprint density at radius 2 is 2.12 bits per heavy atom. The number of ether oxygens (including phenoxy) is 1. The van der Waals surface area contributed by atoms with Crippen LogP contribution in [0.15, 0.2) is 23.1 Å². The Kier molecular flexibility index (Phi) is 5.89. The van der Waals surface area contributed by atoms with Gasteiger partial charge in [0, 0.05) is 4.90 Å². The second kappa shape index (κ2) is 7.71. The lowest BCUT2D eigenvalue weighted by Crippen LogP contribution is -2.48. The van der Waals surface area contributed by atoms with Crippen molar-refractivity contribution < 1.29 is 14.3 Å². The average molecular weight is 346 g/mol. The number of hydrogen-bond acceptors (Lipinski definition) is 5. The third-order valence-corrected chi connectivity index (χ3v) is 5.21. The number of amides is 1. The number of nitrogens with zero attached hydrogens (tertiary/aromatic N) is 1. The van der Waals surface area contributed by atoms with Crippen LogP contribution >= 0.6 is 11.8 Å². The van der Waals surface area contributed by atoms with Gasteiger partial charge in [0.25, 0.3) is 5.91 Å². The molecule has 1 fully saturated rings. The molecule has 1 aliphatic carbocycles. The molecule has 0 aliphatic heterocycles. The zero-order chi connectivity index (χ0) is 17.7. The first kappa shape index (κ1) is 18.3. The van der Waals surface area contributed by atoms with Crippen LogP contribution in [0.1, 0.15) is 30.9 Å². The van der Waals surface area contributed by atoms with E-state index in [-0.39, 0.29) is 18.3 Å². The van der Waals surface area contributed by atoms with E-state index in [2.05, 4.69) is 17.5 Å². The van der Waals surface area contributed by atoms with Gasteiger partial charge in [-0.25, -0.2) is 0 Å². The third-order valence-electron chi connectivity index (χ3n) is 4.07. The molecule has 1 amide bonds. The van der Waals surface area contributed by atoms with Crippen LogP contribution in [-0.4, -0.2) is 29.8 Å². The van der Waals surface area contributed by atoms with Crippen LogP contribution in [0.2, 0.25) is 0 Å². The highest BCUT2D eigenvalue weighted by atomic mass is 32.2. The Hall–Kier alpha value is -2.00. The van der Waals surface area contributed by atoms with Crippen LogP contribution in [0.3, 0.4) is 0 Å². The van der Waals surface area contributed by atoms with Crippen molar-refractivity contribution in [3.8, 4) is 6.07 Å². The minimum Gasteiger partial charge on any atom is -0.455 e. The fourth-order valence-electron chi connectivity index (χ4n) is 2.49. The molecule has 24 heavy (non-hydrogen) atoms. The number of nitrogens with one attached hydrogen (secondary N) is 1. The topological polar surface area (TPSA) is 79.2 Å². The highest BCUT2D eigenvalue weighted by Crippen LogP contribution is 2.39. The van der Waals surface area contributed by atoms with Gasteiger partial charge in [0.05, 0.1) is 11.8 Å². The van der Waals surface area contributed by atoms with Crippen molar-refractivity contribution >= 4 is 23.6 Å². The summed E-state index contributed by atoms with van der Waals surface area (Å²) in [5.74, 6) is -0.534. The predicted octanol–water partition coefficient (Wildman–Crippen LogP) is 2.75. The summed E-state index contributed by atoms with van der Waals surface area (Å²) in [5, 5.41) is 11.9. The van der Waals surface area contributed by atoms with E-state index in [0.717, 1.165) is 23.3 Å². The Balaban J connectivity index is 1.74. The summed E-state index contributed by atoms with van der Waals surface area (Å²) in [4.78, 5) is 24.7. The van der Waals surface area contributed by atoms with Gasteiger partial charge < -0.3 is 10.1 Å². The molecule has 0 heterocycles. The molecule has 1 N–H and O–H groups in total. The zero-order valence-corrected chi connectivity index (χ0v) is 15.0. The van der Waals surface area contributed by atoms with Gasteiger partial charge in [-0.05, 0) is 51.2 Å².